The van der Waals surface area contributed by atoms with Gasteiger partial charge in [0.05, 0.1) is 29.2 Å². The molecule has 0 N–H and O–H groups in total. The molecule has 7 heteroatoms. The van der Waals surface area contributed by atoms with Crippen LogP contribution in [0.15, 0.2) is 46.3 Å². The highest BCUT2D eigenvalue weighted by Gasteiger charge is 2.38. The Hall–Kier alpha value is -1.94. The topological polar surface area (TPSA) is 47.3 Å². The Labute approximate surface area is 165 Å². The third-order valence-electron chi connectivity index (χ3n) is 4.76. The van der Waals surface area contributed by atoms with E-state index in [2.05, 4.69) is 11.0 Å². The molecule has 0 spiro atoms. The molecule has 0 aliphatic carbocycles. The Morgan fingerprint density at radius 3 is 2.88 bits per heavy atom. The van der Waals surface area contributed by atoms with E-state index in [1.807, 2.05) is 42.6 Å². The van der Waals surface area contributed by atoms with E-state index in [-0.39, 0.29) is 11.8 Å². The Balaban J connectivity index is 1.68. The van der Waals surface area contributed by atoms with Crippen molar-refractivity contribution in [2.24, 2.45) is 0 Å². The van der Waals surface area contributed by atoms with Crippen molar-refractivity contribution in [2.75, 3.05) is 17.4 Å². The molecule has 0 saturated carbocycles. The average Bonchev–Trinajstić information content (AvgIpc) is 3.18. The van der Waals surface area contributed by atoms with Crippen LogP contribution in [0.2, 0.25) is 5.02 Å². The number of fused-ring (bicyclic) bond motifs is 1. The van der Waals surface area contributed by atoms with Gasteiger partial charge in [0.25, 0.3) is 0 Å². The summed E-state index contributed by atoms with van der Waals surface area (Å²) < 4.78 is 0. The van der Waals surface area contributed by atoms with Gasteiger partial charge in [-0.25, -0.2) is 0 Å². The molecule has 1 saturated heterocycles. The van der Waals surface area contributed by atoms with Gasteiger partial charge in [-0.15, -0.1) is 11.3 Å². The summed E-state index contributed by atoms with van der Waals surface area (Å²) in [4.78, 5) is 17.8. The molecule has 2 aliphatic heterocycles. The number of thiophene rings is 1. The monoisotopic (exact) mass is 401 g/mol. The van der Waals surface area contributed by atoms with Crippen LogP contribution in [0.3, 0.4) is 0 Å². The summed E-state index contributed by atoms with van der Waals surface area (Å²) in [5, 5.41) is 13.3. The molecular weight excluding hydrogens is 386 g/mol. The number of halogens is 1. The molecule has 1 fully saturated rings. The third kappa shape index (κ3) is 2.90. The number of allylic oxidation sites excluding steroid dienone is 1. The lowest BCUT2D eigenvalue weighted by molar-refractivity contribution is -0.129. The summed E-state index contributed by atoms with van der Waals surface area (Å²) >= 11 is 9.41. The van der Waals surface area contributed by atoms with Gasteiger partial charge in [-0.2, -0.15) is 5.26 Å². The lowest BCUT2D eigenvalue weighted by atomic mass is 9.92. The summed E-state index contributed by atoms with van der Waals surface area (Å²) in [5.74, 6) is 0.628. The number of nitrogens with zero attached hydrogens (tertiary/aromatic N) is 3. The van der Waals surface area contributed by atoms with Gasteiger partial charge in [-0.05, 0) is 36.1 Å². The minimum absolute atomic E-state index is 0.0641. The van der Waals surface area contributed by atoms with Crippen molar-refractivity contribution in [1.29, 1.82) is 5.26 Å². The number of hydrogen-bond acceptors (Lipinski definition) is 5. The maximum Gasteiger partial charge on any atom is 0.229 e. The smallest absolute Gasteiger partial charge is 0.229 e. The van der Waals surface area contributed by atoms with Crippen LogP contribution in [-0.4, -0.2) is 23.4 Å². The number of benzene rings is 1. The van der Waals surface area contributed by atoms with Gasteiger partial charge in [0.2, 0.25) is 5.91 Å². The zero-order chi connectivity index (χ0) is 18.3. The lowest BCUT2D eigenvalue weighted by Crippen LogP contribution is -2.47. The highest BCUT2D eigenvalue weighted by Crippen LogP contribution is 2.44. The molecule has 26 heavy (non-hydrogen) atoms. The fourth-order valence-electron chi connectivity index (χ4n) is 3.39. The van der Waals surface area contributed by atoms with Gasteiger partial charge in [0, 0.05) is 27.9 Å². The first-order valence-corrected chi connectivity index (χ1v) is 10.5. The number of amides is 1. The number of rotatable bonds is 2. The van der Waals surface area contributed by atoms with E-state index >= 15 is 0 Å². The van der Waals surface area contributed by atoms with Gasteiger partial charge in [-0.3, -0.25) is 9.69 Å². The lowest BCUT2D eigenvalue weighted by Gasteiger charge is -2.42. The van der Waals surface area contributed by atoms with E-state index in [1.165, 1.54) is 0 Å². The SMILES string of the molecule is Cc1c(Cl)cccc1N1CSC2=C(C#N)[C@@H](c3cccs3)CC(=O)N2C1. The average molecular weight is 402 g/mol. The molecule has 1 aromatic heterocycles. The second-order valence-electron chi connectivity index (χ2n) is 6.26. The van der Waals surface area contributed by atoms with E-state index in [0.717, 1.165) is 21.2 Å². The molecule has 2 aromatic rings. The molecule has 1 atom stereocenters. The maximum atomic E-state index is 12.8. The minimum atomic E-state index is -0.120. The van der Waals surface area contributed by atoms with Crippen molar-refractivity contribution in [3.05, 3.63) is 61.8 Å². The number of carbonyl (C=O) groups is 1. The van der Waals surface area contributed by atoms with Crippen molar-refractivity contribution >= 4 is 46.3 Å². The first-order valence-electron chi connectivity index (χ1n) is 8.21. The highest BCUT2D eigenvalue weighted by molar-refractivity contribution is 8.03. The van der Waals surface area contributed by atoms with Gasteiger partial charge in [0.15, 0.2) is 0 Å². The Morgan fingerprint density at radius 1 is 1.31 bits per heavy atom. The van der Waals surface area contributed by atoms with Crippen molar-refractivity contribution in [1.82, 2.24) is 4.90 Å². The van der Waals surface area contributed by atoms with Crippen LogP contribution in [-0.2, 0) is 4.79 Å². The number of carbonyl (C=O) groups excluding carboxylic acids is 1. The molecule has 1 aromatic carbocycles. The molecule has 4 rings (SSSR count). The molecule has 2 aliphatic rings. The summed E-state index contributed by atoms with van der Waals surface area (Å²) in [6.45, 7) is 2.43. The first kappa shape index (κ1) is 17.5. The van der Waals surface area contributed by atoms with Gasteiger partial charge in [0.1, 0.15) is 0 Å². The van der Waals surface area contributed by atoms with Crippen molar-refractivity contribution in [3.8, 4) is 6.07 Å². The Kier molecular flexibility index (Phi) is 4.70. The summed E-state index contributed by atoms with van der Waals surface area (Å²) in [6, 6.07) is 12.2. The molecular formula is C19H16ClN3OS2. The number of hydrogen-bond donors (Lipinski definition) is 0. The highest BCUT2D eigenvalue weighted by atomic mass is 35.5. The van der Waals surface area contributed by atoms with E-state index in [9.17, 15) is 10.1 Å². The van der Waals surface area contributed by atoms with E-state index in [4.69, 9.17) is 11.6 Å². The normalized spacial score (nSPS) is 20.2. The van der Waals surface area contributed by atoms with Gasteiger partial charge >= 0.3 is 0 Å². The third-order valence-corrected chi connectivity index (χ3v) is 7.31. The molecule has 0 radical (unpaired) electrons. The maximum absolute atomic E-state index is 12.8. The minimum Gasteiger partial charge on any atom is -0.343 e. The number of nitriles is 1. The summed E-state index contributed by atoms with van der Waals surface area (Å²) in [6.07, 6.45) is 0.343. The fourth-order valence-corrected chi connectivity index (χ4v) is 5.55. The van der Waals surface area contributed by atoms with Crippen LogP contribution in [0.4, 0.5) is 5.69 Å². The fraction of sp³-hybridized carbons (Fsp3) is 0.263. The molecule has 4 nitrogen and oxygen atoms in total. The molecule has 0 bridgehead atoms. The van der Waals surface area contributed by atoms with Crippen LogP contribution < -0.4 is 4.90 Å². The first-order chi connectivity index (χ1) is 12.6. The van der Waals surface area contributed by atoms with Gasteiger partial charge in [-0.1, -0.05) is 35.5 Å². The predicted molar refractivity (Wildman–Crippen MR) is 107 cm³/mol. The quantitative estimate of drug-likeness (QED) is 0.715. The Morgan fingerprint density at radius 2 is 2.15 bits per heavy atom. The van der Waals surface area contributed by atoms with Gasteiger partial charge < -0.3 is 4.90 Å². The molecule has 1 amide bonds. The molecule has 132 valence electrons. The zero-order valence-electron chi connectivity index (χ0n) is 14.1. The van der Waals surface area contributed by atoms with Crippen LogP contribution >= 0.6 is 34.7 Å². The second kappa shape index (κ2) is 6.99. The predicted octanol–water partition coefficient (Wildman–Crippen LogP) is 4.93. The van der Waals surface area contributed by atoms with E-state index in [0.29, 0.717) is 29.6 Å². The van der Waals surface area contributed by atoms with Crippen LogP contribution in [0.25, 0.3) is 0 Å². The van der Waals surface area contributed by atoms with Crippen LogP contribution in [0.1, 0.15) is 22.8 Å². The van der Waals surface area contributed by atoms with Crippen molar-refractivity contribution in [2.45, 2.75) is 19.3 Å². The van der Waals surface area contributed by atoms with E-state index in [1.54, 1.807) is 28.0 Å². The standard InChI is InChI=1S/C19H16ClN3OS2/c1-12-15(20)4-2-5-16(12)22-10-23-18(24)8-13(17-6-3-7-25-17)14(9-21)19(23)26-11-22/h2-7,13H,8,10-11H2,1H3/t13-/m0/s1. The Bertz CT molecular complexity index is 933. The van der Waals surface area contributed by atoms with Crippen molar-refractivity contribution in [3.63, 3.8) is 0 Å². The largest absolute Gasteiger partial charge is 0.343 e. The van der Waals surface area contributed by atoms with Crippen molar-refractivity contribution < 1.29 is 4.79 Å². The number of anilines is 1. The number of thioether (sulfide) groups is 1. The van der Waals surface area contributed by atoms with Crippen LogP contribution in [0, 0.1) is 18.3 Å². The molecule has 3 heterocycles. The van der Waals surface area contributed by atoms with E-state index < -0.39 is 0 Å². The second-order valence-corrected chi connectivity index (χ2v) is 8.58. The van der Waals surface area contributed by atoms with Crippen LogP contribution in [0.5, 0.6) is 0 Å². The summed E-state index contributed by atoms with van der Waals surface area (Å²) in [7, 11) is 0. The summed E-state index contributed by atoms with van der Waals surface area (Å²) in [5.41, 5.74) is 2.74. The molecule has 0 unspecified atom stereocenters. The zero-order valence-corrected chi connectivity index (χ0v) is 16.5.